The molecule has 0 fully saturated rings. The van der Waals surface area contributed by atoms with Crippen LogP contribution in [-0.4, -0.2) is 21.9 Å². The summed E-state index contributed by atoms with van der Waals surface area (Å²) in [5.41, 5.74) is 4.56. The number of hydrogen-bond donors (Lipinski definition) is 2. The molecule has 7 heteroatoms. The van der Waals surface area contributed by atoms with Crippen LogP contribution in [0.5, 0.6) is 0 Å². The zero-order valence-corrected chi connectivity index (χ0v) is 17.2. The summed E-state index contributed by atoms with van der Waals surface area (Å²) in [6.07, 6.45) is 0. The summed E-state index contributed by atoms with van der Waals surface area (Å²) in [6.45, 7) is 6.17. The van der Waals surface area contributed by atoms with E-state index >= 15 is 0 Å². The summed E-state index contributed by atoms with van der Waals surface area (Å²) < 4.78 is 0.766. The molecule has 0 aliphatic carbocycles. The number of benzene rings is 2. The lowest BCUT2D eigenvalue weighted by Crippen LogP contribution is -2.28. The van der Waals surface area contributed by atoms with Gasteiger partial charge in [0.15, 0.2) is 4.34 Å². The van der Waals surface area contributed by atoms with Crippen molar-refractivity contribution in [3.63, 3.8) is 0 Å². The first-order valence-electron chi connectivity index (χ1n) is 8.66. The minimum atomic E-state index is -0.0258. The van der Waals surface area contributed by atoms with E-state index in [4.69, 9.17) is 0 Å². The summed E-state index contributed by atoms with van der Waals surface area (Å²) >= 11 is 2.83. The molecule has 140 valence electrons. The minimum Gasteiger partial charge on any atom is -0.349 e. The van der Waals surface area contributed by atoms with Gasteiger partial charge in [-0.15, -0.1) is 10.2 Å². The number of para-hydroxylation sites is 1. The van der Waals surface area contributed by atoms with Gasteiger partial charge in [0.25, 0.3) is 0 Å². The summed E-state index contributed by atoms with van der Waals surface area (Å²) in [5.74, 6) is 0.299. The molecule has 0 saturated heterocycles. The first-order chi connectivity index (χ1) is 13.0. The standard InChI is InChI=1S/C20H22N4OS2/c1-13-9-10-16(11-14(13)2)15(3)21-18(25)12-26-20-24-23-19(27-20)22-17-7-5-4-6-8-17/h4-11,15H,12H2,1-3H3,(H,21,25)(H,22,23). The Balaban J connectivity index is 1.49. The van der Waals surface area contributed by atoms with Crippen molar-refractivity contribution >= 4 is 39.8 Å². The third-order valence-corrected chi connectivity index (χ3v) is 6.14. The average molecular weight is 399 g/mol. The van der Waals surface area contributed by atoms with E-state index in [0.29, 0.717) is 10.9 Å². The summed E-state index contributed by atoms with van der Waals surface area (Å²) in [5, 5.41) is 15.2. The van der Waals surface area contributed by atoms with Gasteiger partial charge in [0.1, 0.15) is 0 Å². The van der Waals surface area contributed by atoms with Crippen molar-refractivity contribution in [2.75, 3.05) is 11.1 Å². The maximum absolute atomic E-state index is 12.3. The highest BCUT2D eigenvalue weighted by molar-refractivity contribution is 8.01. The Kier molecular flexibility index (Phi) is 6.47. The largest absolute Gasteiger partial charge is 0.349 e. The van der Waals surface area contributed by atoms with E-state index in [1.165, 1.54) is 34.2 Å². The molecule has 1 heterocycles. The highest BCUT2D eigenvalue weighted by Crippen LogP contribution is 2.27. The van der Waals surface area contributed by atoms with E-state index in [9.17, 15) is 4.79 Å². The zero-order chi connectivity index (χ0) is 19.2. The summed E-state index contributed by atoms with van der Waals surface area (Å²) in [6, 6.07) is 16.1. The van der Waals surface area contributed by atoms with Gasteiger partial charge >= 0.3 is 0 Å². The van der Waals surface area contributed by atoms with Crippen molar-refractivity contribution < 1.29 is 4.79 Å². The van der Waals surface area contributed by atoms with Crippen LogP contribution < -0.4 is 10.6 Å². The lowest BCUT2D eigenvalue weighted by Gasteiger charge is -2.15. The fraction of sp³-hybridized carbons (Fsp3) is 0.250. The van der Waals surface area contributed by atoms with E-state index in [2.05, 4.69) is 52.9 Å². The second-order valence-electron chi connectivity index (χ2n) is 6.29. The SMILES string of the molecule is Cc1ccc(C(C)NC(=O)CSc2nnc(Nc3ccccc3)s2)cc1C. The molecular weight excluding hydrogens is 376 g/mol. The van der Waals surface area contributed by atoms with E-state index in [1.54, 1.807) is 0 Å². The highest BCUT2D eigenvalue weighted by atomic mass is 32.2. The summed E-state index contributed by atoms with van der Waals surface area (Å²) in [7, 11) is 0. The van der Waals surface area contributed by atoms with Crippen LogP contribution in [0.1, 0.15) is 29.7 Å². The Morgan fingerprint density at radius 2 is 1.89 bits per heavy atom. The van der Waals surface area contributed by atoms with Crippen molar-refractivity contribution in [3.8, 4) is 0 Å². The van der Waals surface area contributed by atoms with E-state index < -0.39 is 0 Å². The van der Waals surface area contributed by atoms with Crippen molar-refractivity contribution in [2.24, 2.45) is 0 Å². The fourth-order valence-electron chi connectivity index (χ4n) is 2.49. The fourth-order valence-corrected chi connectivity index (χ4v) is 4.07. The smallest absolute Gasteiger partial charge is 0.230 e. The van der Waals surface area contributed by atoms with Crippen LogP contribution in [0.25, 0.3) is 0 Å². The van der Waals surface area contributed by atoms with Crippen LogP contribution in [0.4, 0.5) is 10.8 Å². The predicted molar refractivity (Wildman–Crippen MR) is 113 cm³/mol. The number of aryl methyl sites for hydroxylation is 2. The van der Waals surface area contributed by atoms with Gasteiger partial charge in [-0.1, -0.05) is 59.5 Å². The first-order valence-corrected chi connectivity index (χ1v) is 10.5. The molecule has 0 aliphatic heterocycles. The van der Waals surface area contributed by atoms with Gasteiger partial charge in [-0.05, 0) is 49.6 Å². The van der Waals surface area contributed by atoms with Gasteiger partial charge in [-0.2, -0.15) is 0 Å². The van der Waals surface area contributed by atoms with Gasteiger partial charge in [0, 0.05) is 5.69 Å². The molecule has 0 aliphatic rings. The topological polar surface area (TPSA) is 66.9 Å². The van der Waals surface area contributed by atoms with Crippen LogP contribution in [0.2, 0.25) is 0 Å². The summed E-state index contributed by atoms with van der Waals surface area (Å²) in [4.78, 5) is 12.3. The van der Waals surface area contributed by atoms with Crippen LogP contribution in [0.3, 0.4) is 0 Å². The Morgan fingerprint density at radius 1 is 1.11 bits per heavy atom. The molecule has 0 bridgehead atoms. The molecule has 3 aromatic rings. The lowest BCUT2D eigenvalue weighted by molar-refractivity contribution is -0.119. The van der Waals surface area contributed by atoms with Gasteiger partial charge in [-0.3, -0.25) is 4.79 Å². The van der Waals surface area contributed by atoms with Crippen LogP contribution >= 0.6 is 23.1 Å². The van der Waals surface area contributed by atoms with E-state index in [0.717, 1.165) is 15.6 Å². The average Bonchev–Trinajstić information content (AvgIpc) is 3.10. The molecule has 1 unspecified atom stereocenters. The van der Waals surface area contributed by atoms with Gasteiger partial charge in [0.05, 0.1) is 11.8 Å². The van der Waals surface area contributed by atoms with Crippen molar-refractivity contribution in [3.05, 3.63) is 65.2 Å². The molecular formula is C20H22N4OS2. The molecule has 0 saturated carbocycles. The van der Waals surface area contributed by atoms with Gasteiger partial charge in [-0.25, -0.2) is 0 Å². The molecule has 5 nitrogen and oxygen atoms in total. The Hall–Kier alpha value is -2.38. The number of nitrogens with one attached hydrogen (secondary N) is 2. The third-order valence-electron chi connectivity index (χ3n) is 4.17. The molecule has 1 amide bonds. The zero-order valence-electron chi connectivity index (χ0n) is 15.5. The number of hydrogen-bond acceptors (Lipinski definition) is 6. The molecule has 27 heavy (non-hydrogen) atoms. The second-order valence-corrected chi connectivity index (χ2v) is 8.49. The van der Waals surface area contributed by atoms with Crippen molar-refractivity contribution in [1.29, 1.82) is 0 Å². The highest BCUT2D eigenvalue weighted by Gasteiger charge is 2.12. The number of amides is 1. The Labute approximate surface area is 167 Å². The Bertz CT molecular complexity index is 911. The number of rotatable bonds is 7. The molecule has 1 atom stereocenters. The van der Waals surface area contributed by atoms with Crippen LogP contribution in [0.15, 0.2) is 52.9 Å². The van der Waals surface area contributed by atoms with Crippen LogP contribution in [-0.2, 0) is 4.79 Å². The van der Waals surface area contributed by atoms with Crippen molar-refractivity contribution in [1.82, 2.24) is 15.5 Å². The van der Waals surface area contributed by atoms with Crippen molar-refractivity contribution in [2.45, 2.75) is 31.2 Å². The molecule has 2 aromatic carbocycles. The number of nitrogens with zero attached hydrogens (tertiary/aromatic N) is 2. The first kappa shape index (κ1) is 19.4. The number of carbonyl (C=O) groups excluding carboxylic acids is 1. The maximum atomic E-state index is 12.3. The maximum Gasteiger partial charge on any atom is 0.230 e. The van der Waals surface area contributed by atoms with Gasteiger partial charge in [0.2, 0.25) is 11.0 Å². The third kappa shape index (κ3) is 5.55. The second kappa shape index (κ2) is 9.01. The van der Waals surface area contributed by atoms with Crippen LogP contribution in [0, 0.1) is 13.8 Å². The molecule has 0 spiro atoms. The number of aromatic nitrogens is 2. The monoisotopic (exact) mass is 398 g/mol. The Morgan fingerprint density at radius 3 is 2.63 bits per heavy atom. The lowest BCUT2D eigenvalue weighted by atomic mass is 10.0. The number of carbonyl (C=O) groups is 1. The van der Waals surface area contributed by atoms with E-state index in [-0.39, 0.29) is 11.9 Å². The number of anilines is 2. The van der Waals surface area contributed by atoms with Gasteiger partial charge < -0.3 is 10.6 Å². The minimum absolute atomic E-state index is 0.0153. The predicted octanol–water partition coefficient (Wildman–Crippen LogP) is 4.87. The molecule has 2 N–H and O–H groups in total. The normalized spacial score (nSPS) is 11.8. The quantitative estimate of drug-likeness (QED) is 0.556. The number of thioether (sulfide) groups is 1. The molecule has 1 aromatic heterocycles. The van der Waals surface area contributed by atoms with E-state index in [1.807, 2.05) is 37.3 Å². The molecule has 3 rings (SSSR count). The molecule has 0 radical (unpaired) electrons.